The van der Waals surface area contributed by atoms with Crippen LogP contribution >= 0.6 is 23.2 Å². The lowest BCUT2D eigenvalue weighted by atomic mass is 10.1. The molecule has 1 atom stereocenters. The number of nitrogens with one attached hydrogen (secondary N) is 1. The van der Waals surface area contributed by atoms with Crippen molar-refractivity contribution in [3.63, 3.8) is 0 Å². The van der Waals surface area contributed by atoms with Gasteiger partial charge in [0.25, 0.3) is 0 Å². The topological polar surface area (TPSA) is 49.4 Å². The van der Waals surface area contributed by atoms with Crippen LogP contribution in [0.15, 0.2) is 48.5 Å². The van der Waals surface area contributed by atoms with Crippen molar-refractivity contribution in [2.45, 2.75) is 32.9 Å². The summed E-state index contributed by atoms with van der Waals surface area (Å²) in [5.74, 6) is -0.351. The maximum atomic E-state index is 13.0. The Morgan fingerprint density at radius 3 is 2.42 bits per heavy atom. The summed E-state index contributed by atoms with van der Waals surface area (Å²) in [5, 5.41) is 3.73. The first-order chi connectivity index (χ1) is 12.4. The summed E-state index contributed by atoms with van der Waals surface area (Å²) in [7, 11) is 0. The molecule has 0 aromatic heterocycles. The van der Waals surface area contributed by atoms with Crippen LogP contribution in [0.5, 0.6) is 0 Å². The van der Waals surface area contributed by atoms with Crippen LogP contribution in [0.25, 0.3) is 0 Å². The lowest BCUT2D eigenvalue weighted by Crippen LogP contribution is -2.48. The van der Waals surface area contributed by atoms with E-state index in [9.17, 15) is 9.59 Å². The van der Waals surface area contributed by atoms with Gasteiger partial charge >= 0.3 is 0 Å². The molecule has 0 aliphatic rings. The van der Waals surface area contributed by atoms with Crippen molar-refractivity contribution in [2.75, 3.05) is 6.54 Å². The minimum Gasteiger partial charge on any atom is -0.355 e. The highest BCUT2D eigenvalue weighted by atomic mass is 35.5. The third-order valence-corrected chi connectivity index (χ3v) is 4.66. The summed E-state index contributed by atoms with van der Waals surface area (Å²) in [6.07, 6.45) is 0.104. The normalized spacial score (nSPS) is 11.7. The van der Waals surface area contributed by atoms with Gasteiger partial charge in [-0.1, -0.05) is 59.6 Å². The molecule has 26 heavy (non-hydrogen) atoms. The van der Waals surface area contributed by atoms with E-state index in [0.29, 0.717) is 28.7 Å². The molecule has 0 aliphatic heterocycles. The molecule has 0 saturated heterocycles. The second kappa shape index (κ2) is 9.60. The maximum absolute atomic E-state index is 13.0. The molecule has 0 radical (unpaired) electrons. The Balaban J connectivity index is 2.23. The largest absolute Gasteiger partial charge is 0.355 e. The van der Waals surface area contributed by atoms with Crippen molar-refractivity contribution in [1.82, 2.24) is 10.2 Å². The van der Waals surface area contributed by atoms with Crippen LogP contribution < -0.4 is 5.32 Å². The second-order valence-electron chi connectivity index (χ2n) is 5.99. The molecule has 0 spiro atoms. The van der Waals surface area contributed by atoms with Crippen molar-refractivity contribution >= 4 is 35.0 Å². The minimum absolute atomic E-state index is 0.104. The van der Waals surface area contributed by atoms with Gasteiger partial charge in [-0.25, -0.2) is 0 Å². The van der Waals surface area contributed by atoms with Crippen molar-refractivity contribution < 1.29 is 9.59 Å². The maximum Gasteiger partial charge on any atom is 0.242 e. The quantitative estimate of drug-likeness (QED) is 0.771. The highest BCUT2D eigenvalue weighted by Crippen LogP contribution is 2.22. The van der Waals surface area contributed by atoms with Crippen LogP contribution in [0.4, 0.5) is 0 Å². The second-order valence-corrected chi connectivity index (χ2v) is 6.83. The number of rotatable bonds is 7. The fourth-order valence-electron chi connectivity index (χ4n) is 2.61. The molecule has 6 heteroatoms. The van der Waals surface area contributed by atoms with Gasteiger partial charge in [0, 0.05) is 23.1 Å². The summed E-state index contributed by atoms with van der Waals surface area (Å²) in [6, 6.07) is 14.0. The van der Waals surface area contributed by atoms with E-state index in [1.165, 1.54) is 0 Å². The molecule has 0 aliphatic carbocycles. The lowest BCUT2D eigenvalue weighted by molar-refractivity contribution is -0.140. The van der Waals surface area contributed by atoms with Crippen molar-refractivity contribution in [3.05, 3.63) is 69.7 Å². The van der Waals surface area contributed by atoms with E-state index in [0.717, 1.165) is 5.56 Å². The fraction of sp³-hybridized carbons (Fsp3) is 0.300. The predicted octanol–water partition coefficient (Wildman–Crippen LogP) is 4.09. The highest BCUT2D eigenvalue weighted by Gasteiger charge is 2.26. The lowest BCUT2D eigenvalue weighted by Gasteiger charge is -2.29. The van der Waals surface area contributed by atoms with Gasteiger partial charge in [-0.3, -0.25) is 9.59 Å². The summed E-state index contributed by atoms with van der Waals surface area (Å²) in [5.41, 5.74) is 1.64. The van der Waals surface area contributed by atoms with Gasteiger partial charge in [0.05, 0.1) is 6.42 Å². The Kier molecular flexibility index (Phi) is 7.49. The smallest absolute Gasteiger partial charge is 0.242 e. The van der Waals surface area contributed by atoms with E-state index in [1.54, 1.807) is 30.0 Å². The van der Waals surface area contributed by atoms with Gasteiger partial charge in [0.2, 0.25) is 11.8 Å². The molecule has 2 aromatic carbocycles. The number of likely N-dealkylation sites (N-methyl/N-ethyl adjacent to an activating group) is 1. The number of hydrogen-bond donors (Lipinski definition) is 1. The highest BCUT2D eigenvalue weighted by molar-refractivity contribution is 6.35. The first kappa shape index (κ1) is 20.3. The van der Waals surface area contributed by atoms with Crippen LogP contribution in [-0.4, -0.2) is 29.3 Å². The first-order valence-electron chi connectivity index (χ1n) is 8.47. The molecular weight excluding hydrogens is 371 g/mol. The van der Waals surface area contributed by atoms with Gasteiger partial charge in [-0.2, -0.15) is 0 Å². The Hall–Kier alpha value is -2.04. The fourth-order valence-corrected chi connectivity index (χ4v) is 3.09. The van der Waals surface area contributed by atoms with E-state index in [1.807, 2.05) is 37.3 Å². The molecule has 2 rings (SSSR count). The number of amides is 2. The minimum atomic E-state index is -0.589. The van der Waals surface area contributed by atoms with Crippen LogP contribution in [0.3, 0.4) is 0 Å². The van der Waals surface area contributed by atoms with Crippen LogP contribution in [0, 0.1) is 0 Å². The number of carbonyl (C=O) groups is 2. The average Bonchev–Trinajstić information content (AvgIpc) is 2.62. The molecule has 0 bridgehead atoms. The molecule has 2 amide bonds. The van der Waals surface area contributed by atoms with Gasteiger partial charge in [0.1, 0.15) is 6.04 Å². The zero-order valence-electron chi connectivity index (χ0n) is 14.8. The number of halogens is 2. The molecule has 2 aromatic rings. The van der Waals surface area contributed by atoms with E-state index < -0.39 is 6.04 Å². The number of carbonyl (C=O) groups excluding carboxylic acids is 2. The monoisotopic (exact) mass is 392 g/mol. The van der Waals surface area contributed by atoms with Gasteiger partial charge in [-0.05, 0) is 37.1 Å². The van der Waals surface area contributed by atoms with Crippen molar-refractivity contribution in [2.24, 2.45) is 0 Å². The van der Waals surface area contributed by atoms with Gasteiger partial charge < -0.3 is 10.2 Å². The summed E-state index contributed by atoms with van der Waals surface area (Å²) < 4.78 is 0. The molecule has 0 fully saturated rings. The number of nitrogens with zero attached hydrogens (tertiary/aromatic N) is 1. The average molecular weight is 393 g/mol. The van der Waals surface area contributed by atoms with E-state index >= 15 is 0 Å². The van der Waals surface area contributed by atoms with Crippen LogP contribution in [0.2, 0.25) is 10.0 Å². The standard InChI is InChI=1S/C20H22Cl2N2O2/c1-3-23-20(26)14(2)24(13-15-7-5-4-6-8-15)19(25)11-16-9-10-17(21)12-18(16)22/h4-10,12,14H,3,11,13H2,1-2H3,(H,23,26)/t14-/m0/s1. The number of benzene rings is 2. The third kappa shape index (κ3) is 5.48. The Morgan fingerprint density at radius 2 is 1.81 bits per heavy atom. The Bertz CT molecular complexity index is 766. The zero-order valence-corrected chi connectivity index (χ0v) is 16.3. The zero-order chi connectivity index (χ0) is 19.1. The number of hydrogen-bond acceptors (Lipinski definition) is 2. The summed E-state index contributed by atoms with van der Waals surface area (Å²) >= 11 is 12.1. The molecule has 1 N–H and O–H groups in total. The Morgan fingerprint density at radius 1 is 1.12 bits per heavy atom. The van der Waals surface area contributed by atoms with E-state index in [2.05, 4.69) is 5.32 Å². The predicted molar refractivity (Wildman–Crippen MR) is 105 cm³/mol. The molecule has 0 heterocycles. The molecule has 138 valence electrons. The van der Waals surface area contributed by atoms with Gasteiger partial charge in [-0.15, -0.1) is 0 Å². The van der Waals surface area contributed by atoms with E-state index in [4.69, 9.17) is 23.2 Å². The molecule has 4 nitrogen and oxygen atoms in total. The Labute approximate surface area is 164 Å². The third-order valence-electron chi connectivity index (χ3n) is 4.07. The molecular formula is C20H22Cl2N2O2. The first-order valence-corrected chi connectivity index (χ1v) is 9.23. The summed E-state index contributed by atoms with van der Waals surface area (Å²) in [4.78, 5) is 26.8. The van der Waals surface area contributed by atoms with Crippen molar-refractivity contribution in [1.29, 1.82) is 0 Å². The van der Waals surface area contributed by atoms with Crippen LogP contribution in [-0.2, 0) is 22.6 Å². The molecule has 0 unspecified atom stereocenters. The van der Waals surface area contributed by atoms with E-state index in [-0.39, 0.29) is 18.2 Å². The summed E-state index contributed by atoms with van der Waals surface area (Å²) in [6.45, 7) is 4.44. The van der Waals surface area contributed by atoms with Crippen LogP contribution in [0.1, 0.15) is 25.0 Å². The van der Waals surface area contributed by atoms with Gasteiger partial charge in [0.15, 0.2) is 0 Å². The molecule has 0 saturated carbocycles. The van der Waals surface area contributed by atoms with Crippen molar-refractivity contribution in [3.8, 4) is 0 Å². The SMILES string of the molecule is CCNC(=O)[C@H](C)N(Cc1ccccc1)C(=O)Cc1ccc(Cl)cc1Cl.